The number of likely N-dealkylation sites (tertiary alicyclic amines) is 1. The summed E-state index contributed by atoms with van der Waals surface area (Å²) in [6.45, 7) is 4.61. The average molecular weight is 488 g/mol. The quantitative estimate of drug-likeness (QED) is 0.161. The van der Waals surface area contributed by atoms with Crippen molar-refractivity contribution in [3.63, 3.8) is 0 Å². The monoisotopic (exact) mass is 487 g/mol. The van der Waals surface area contributed by atoms with Crippen molar-refractivity contribution in [2.45, 2.75) is 26.4 Å². The third-order valence-corrected chi connectivity index (χ3v) is 5.72. The molecule has 9 nitrogen and oxygen atoms in total. The summed E-state index contributed by atoms with van der Waals surface area (Å²) >= 11 is 0. The zero-order chi connectivity index (χ0) is 25.8. The van der Waals surface area contributed by atoms with E-state index in [1.54, 1.807) is 54.9 Å². The average Bonchev–Trinajstić information content (AvgIpc) is 3.13. The molecule has 2 aromatic carbocycles. The number of hydrogen-bond acceptors (Lipinski definition) is 7. The molecule has 0 saturated carbocycles. The van der Waals surface area contributed by atoms with Gasteiger partial charge in [0.15, 0.2) is 0 Å². The Bertz CT molecular complexity index is 1320. The summed E-state index contributed by atoms with van der Waals surface area (Å²) in [4.78, 5) is 42.5. The Balaban J connectivity index is 1.79. The van der Waals surface area contributed by atoms with Gasteiger partial charge in [0.1, 0.15) is 11.5 Å². The highest BCUT2D eigenvalue weighted by Crippen LogP contribution is 2.41. The van der Waals surface area contributed by atoms with Gasteiger partial charge in [-0.15, -0.1) is 0 Å². The van der Waals surface area contributed by atoms with Gasteiger partial charge in [-0.3, -0.25) is 24.7 Å². The van der Waals surface area contributed by atoms with Gasteiger partial charge in [0.25, 0.3) is 17.4 Å². The van der Waals surface area contributed by atoms with Crippen molar-refractivity contribution in [2.75, 3.05) is 6.61 Å². The molecule has 1 aromatic heterocycles. The summed E-state index contributed by atoms with van der Waals surface area (Å²) < 4.78 is 5.68. The Morgan fingerprint density at radius 3 is 2.53 bits per heavy atom. The number of carbonyl (C=O) groups excluding carboxylic acids is 2. The molecule has 1 fully saturated rings. The van der Waals surface area contributed by atoms with Gasteiger partial charge < -0.3 is 14.7 Å². The molecule has 1 unspecified atom stereocenters. The van der Waals surface area contributed by atoms with E-state index in [9.17, 15) is 24.8 Å². The number of aliphatic hydroxyl groups excluding tert-OH is 1. The van der Waals surface area contributed by atoms with Gasteiger partial charge >= 0.3 is 0 Å². The van der Waals surface area contributed by atoms with Gasteiger partial charge in [0, 0.05) is 36.6 Å². The van der Waals surface area contributed by atoms with Gasteiger partial charge in [0.05, 0.1) is 23.1 Å². The molecule has 0 aliphatic carbocycles. The number of aromatic nitrogens is 1. The van der Waals surface area contributed by atoms with E-state index >= 15 is 0 Å². The third kappa shape index (κ3) is 5.10. The number of nitro benzene ring substituents is 1. The van der Waals surface area contributed by atoms with E-state index in [1.807, 2.05) is 13.8 Å². The molecular weight excluding hydrogens is 462 g/mol. The summed E-state index contributed by atoms with van der Waals surface area (Å²) in [7, 11) is 0. The van der Waals surface area contributed by atoms with Crippen molar-refractivity contribution in [3.8, 4) is 5.75 Å². The Morgan fingerprint density at radius 1 is 1.14 bits per heavy atom. The second kappa shape index (κ2) is 10.4. The first-order valence-electron chi connectivity index (χ1n) is 11.4. The van der Waals surface area contributed by atoms with Gasteiger partial charge in [0.2, 0.25) is 0 Å². The minimum atomic E-state index is -1.03. The van der Waals surface area contributed by atoms with Crippen molar-refractivity contribution < 1.29 is 24.4 Å². The topological polar surface area (TPSA) is 123 Å². The minimum Gasteiger partial charge on any atom is -0.507 e. The maximum Gasteiger partial charge on any atom is 0.295 e. The number of nitrogens with zero attached hydrogens (tertiary/aromatic N) is 3. The molecule has 0 spiro atoms. The molecule has 1 aliphatic heterocycles. The fraction of sp³-hybridized carbons (Fsp3) is 0.222. The Labute approximate surface area is 207 Å². The SMILES string of the molecule is CC(C)COc1ccc(C(O)=C2C(=O)C(=O)N(Cc3cccnc3)C2c2cccc([N+](=O)[O-])c2)cc1. The second-order valence-corrected chi connectivity index (χ2v) is 8.87. The molecule has 3 aromatic rings. The number of nitro groups is 1. The molecule has 9 heteroatoms. The Morgan fingerprint density at radius 2 is 1.89 bits per heavy atom. The summed E-state index contributed by atoms with van der Waals surface area (Å²) in [5.41, 5.74) is 1.00. The molecule has 1 N–H and O–H groups in total. The number of ketones is 1. The highest BCUT2D eigenvalue weighted by atomic mass is 16.6. The summed E-state index contributed by atoms with van der Waals surface area (Å²) in [5.74, 6) is -1.10. The van der Waals surface area contributed by atoms with E-state index in [0.29, 0.717) is 35.0 Å². The highest BCUT2D eigenvalue weighted by molar-refractivity contribution is 6.46. The molecule has 4 rings (SSSR count). The van der Waals surface area contributed by atoms with Gasteiger partial charge in [-0.1, -0.05) is 32.0 Å². The molecule has 1 aliphatic rings. The summed E-state index contributed by atoms with van der Waals surface area (Å²) in [5, 5.41) is 22.6. The third-order valence-electron chi connectivity index (χ3n) is 5.72. The number of amides is 1. The van der Waals surface area contributed by atoms with E-state index in [1.165, 1.54) is 23.1 Å². The van der Waals surface area contributed by atoms with Crippen LogP contribution in [0.4, 0.5) is 5.69 Å². The van der Waals surface area contributed by atoms with Crippen LogP contribution in [-0.2, 0) is 16.1 Å². The first-order valence-corrected chi connectivity index (χ1v) is 11.4. The zero-order valence-corrected chi connectivity index (χ0v) is 19.8. The van der Waals surface area contributed by atoms with Crippen molar-refractivity contribution >= 4 is 23.1 Å². The lowest BCUT2D eigenvalue weighted by Crippen LogP contribution is -2.29. The first-order chi connectivity index (χ1) is 17.3. The van der Waals surface area contributed by atoms with Crippen LogP contribution in [-0.4, -0.2) is 38.2 Å². The standard InChI is InChI=1S/C27H25N3O6/c1-17(2)16-36-22-10-8-19(9-11-22)25(31)23-24(20-6-3-7-21(13-20)30(34)35)29(27(33)26(23)32)15-18-5-4-12-28-14-18/h3-14,17,24,31H,15-16H2,1-2H3. The number of aliphatic hydroxyl groups is 1. The van der Waals surface area contributed by atoms with E-state index in [4.69, 9.17) is 4.74 Å². The van der Waals surface area contributed by atoms with Crippen LogP contribution in [0.2, 0.25) is 0 Å². The van der Waals surface area contributed by atoms with E-state index in [-0.39, 0.29) is 23.6 Å². The number of carbonyl (C=O) groups is 2. The van der Waals surface area contributed by atoms with Crippen LogP contribution in [0, 0.1) is 16.0 Å². The maximum atomic E-state index is 13.2. The number of hydrogen-bond donors (Lipinski definition) is 1. The molecular formula is C27H25N3O6. The number of rotatable bonds is 8. The molecule has 36 heavy (non-hydrogen) atoms. The lowest BCUT2D eigenvalue weighted by atomic mass is 9.95. The molecule has 0 bridgehead atoms. The van der Waals surface area contributed by atoms with Crippen LogP contribution >= 0.6 is 0 Å². The molecule has 184 valence electrons. The number of non-ortho nitro benzene ring substituents is 1. The number of Topliss-reactive ketones (excluding diaryl/α,β-unsaturated/α-hetero) is 1. The van der Waals surface area contributed by atoms with Crippen molar-refractivity contribution in [3.05, 3.63) is 105 Å². The van der Waals surface area contributed by atoms with E-state index in [0.717, 1.165) is 0 Å². The van der Waals surface area contributed by atoms with Crippen LogP contribution in [0.25, 0.3) is 5.76 Å². The highest BCUT2D eigenvalue weighted by Gasteiger charge is 2.46. The Kier molecular flexibility index (Phi) is 7.10. The van der Waals surface area contributed by atoms with Crippen LogP contribution in [0.3, 0.4) is 0 Å². The van der Waals surface area contributed by atoms with Gasteiger partial charge in [-0.05, 0) is 47.4 Å². The lowest BCUT2D eigenvalue weighted by Gasteiger charge is -2.25. The minimum absolute atomic E-state index is 0.0323. The molecule has 1 saturated heterocycles. The summed E-state index contributed by atoms with van der Waals surface area (Å²) in [6.07, 6.45) is 3.16. The molecule has 2 heterocycles. The molecule has 1 atom stereocenters. The molecule has 0 radical (unpaired) electrons. The number of ether oxygens (including phenoxy) is 1. The van der Waals surface area contributed by atoms with Gasteiger partial charge in [-0.2, -0.15) is 0 Å². The largest absolute Gasteiger partial charge is 0.507 e. The van der Waals surface area contributed by atoms with E-state index < -0.39 is 22.7 Å². The fourth-order valence-corrected chi connectivity index (χ4v) is 4.01. The second-order valence-electron chi connectivity index (χ2n) is 8.87. The number of benzene rings is 2. The maximum absolute atomic E-state index is 13.2. The predicted molar refractivity (Wildman–Crippen MR) is 132 cm³/mol. The van der Waals surface area contributed by atoms with Crippen LogP contribution < -0.4 is 4.74 Å². The van der Waals surface area contributed by atoms with Crippen molar-refractivity contribution in [1.29, 1.82) is 0 Å². The Hall–Kier alpha value is -4.53. The van der Waals surface area contributed by atoms with Crippen LogP contribution in [0.1, 0.15) is 36.6 Å². The van der Waals surface area contributed by atoms with Crippen molar-refractivity contribution in [2.24, 2.45) is 5.92 Å². The predicted octanol–water partition coefficient (Wildman–Crippen LogP) is 4.65. The van der Waals surface area contributed by atoms with Crippen molar-refractivity contribution in [1.82, 2.24) is 9.88 Å². The molecule has 1 amide bonds. The smallest absolute Gasteiger partial charge is 0.295 e. The van der Waals surface area contributed by atoms with Crippen LogP contribution in [0.15, 0.2) is 78.6 Å². The number of pyridine rings is 1. The fourth-order valence-electron chi connectivity index (χ4n) is 4.01. The first kappa shape index (κ1) is 24.6. The lowest BCUT2D eigenvalue weighted by molar-refractivity contribution is -0.384. The normalized spacial score (nSPS) is 17.0. The van der Waals surface area contributed by atoms with Crippen LogP contribution in [0.5, 0.6) is 5.75 Å². The summed E-state index contributed by atoms with van der Waals surface area (Å²) in [6, 6.07) is 14.7. The van der Waals surface area contributed by atoms with E-state index in [2.05, 4.69) is 4.98 Å². The zero-order valence-electron chi connectivity index (χ0n) is 19.8. The van der Waals surface area contributed by atoms with Gasteiger partial charge in [-0.25, -0.2) is 0 Å².